The van der Waals surface area contributed by atoms with Gasteiger partial charge in [0.25, 0.3) is 5.91 Å². The van der Waals surface area contributed by atoms with E-state index in [2.05, 4.69) is 29.4 Å². The standard InChI is InChI=1S/C22H20Cl2N6O/c1-13(2)18-10-11-29(27-18)15-8-6-14(7-9-15)26-19-12-30(28-20(19)22(25)31)21-16(23)4-3-5-17(21)24/h3-13,26H,1-2H3,(H2,25,31). The highest BCUT2D eigenvalue weighted by molar-refractivity contribution is 6.37. The summed E-state index contributed by atoms with van der Waals surface area (Å²) in [6, 6.07) is 14.8. The van der Waals surface area contributed by atoms with Crippen LogP contribution in [0.4, 0.5) is 11.4 Å². The maximum absolute atomic E-state index is 12.0. The van der Waals surface area contributed by atoms with Gasteiger partial charge in [0.2, 0.25) is 0 Å². The van der Waals surface area contributed by atoms with Gasteiger partial charge in [0.15, 0.2) is 5.69 Å². The minimum atomic E-state index is -0.668. The van der Waals surface area contributed by atoms with E-state index >= 15 is 0 Å². The summed E-state index contributed by atoms with van der Waals surface area (Å²) in [5.41, 5.74) is 9.22. The number of anilines is 2. The molecule has 0 atom stereocenters. The van der Waals surface area contributed by atoms with Gasteiger partial charge in [-0.2, -0.15) is 10.2 Å². The minimum absolute atomic E-state index is 0.0775. The number of primary amides is 1. The number of para-hydroxylation sites is 1. The molecule has 0 aliphatic carbocycles. The van der Waals surface area contributed by atoms with Gasteiger partial charge in [-0.3, -0.25) is 4.79 Å². The van der Waals surface area contributed by atoms with Crippen molar-refractivity contribution in [1.29, 1.82) is 0 Å². The summed E-state index contributed by atoms with van der Waals surface area (Å²) >= 11 is 12.5. The second kappa shape index (κ2) is 8.45. The Labute approximate surface area is 189 Å². The van der Waals surface area contributed by atoms with Gasteiger partial charge in [0, 0.05) is 11.9 Å². The molecule has 0 saturated carbocycles. The zero-order valence-corrected chi connectivity index (χ0v) is 18.4. The molecule has 2 aromatic carbocycles. The van der Waals surface area contributed by atoms with Crippen LogP contribution in [0.25, 0.3) is 11.4 Å². The smallest absolute Gasteiger partial charge is 0.271 e. The van der Waals surface area contributed by atoms with E-state index in [0.29, 0.717) is 27.3 Å². The minimum Gasteiger partial charge on any atom is -0.364 e. The summed E-state index contributed by atoms with van der Waals surface area (Å²) in [4.78, 5) is 12.0. The third-order valence-corrected chi connectivity index (χ3v) is 5.34. The molecule has 0 aliphatic rings. The first kappa shape index (κ1) is 21.0. The molecule has 7 nitrogen and oxygen atoms in total. The van der Waals surface area contributed by atoms with Crippen molar-refractivity contribution in [3.05, 3.63) is 82.4 Å². The van der Waals surface area contributed by atoms with Crippen molar-refractivity contribution in [2.45, 2.75) is 19.8 Å². The number of benzene rings is 2. The third kappa shape index (κ3) is 4.28. The van der Waals surface area contributed by atoms with Crippen molar-refractivity contribution in [3.8, 4) is 11.4 Å². The van der Waals surface area contributed by atoms with E-state index in [9.17, 15) is 4.79 Å². The highest BCUT2D eigenvalue weighted by atomic mass is 35.5. The second-order valence-electron chi connectivity index (χ2n) is 7.28. The first-order valence-corrected chi connectivity index (χ1v) is 10.4. The predicted octanol–water partition coefficient (Wildman–Crippen LogP) is 5.33. The summed E-state index contributed by atoms with van der Waals surface area (Å²) in [5, 5.41) is 12.9. The molecule has 2 heterocycles. The highest BCUT2D eigenvalue weighted by Crippen LogP contribution is 2.30. The molecule has 158 valence electrons. The maximum atomic E-state index is 12.0. The van der Waals surface area contributed by atoms with Crippen LogP contribution in [0.15, 0.2) is 60.9 Å². The SMILES string of the molecule is CC(C)c1ccn(-c2ccc(Nc3cn(-c4c(Cl)cccc4Cl)nc3C(N)=O)cc2)n1. The Balaban J connectivity index is 1.63. The molecule has 0 saturated heterocycles. The average molecular weight is 455 g/mol. The number of nitrogens with one attached hydrogen (secondary N) is 1. The van der Waals surface area contributed by atoms with Gasteiger partial charge in [0.1, 0.15) is 5.69 Å². The number of carbonyl (C=O) groups excluding carboxylic acids is 1. The van der Waals surface area contributed by atoms with E-state index in [0.717, 1.165) is 17.1 Å². The zero-order valence-electron chi connectivity index (χ0n) is 16.9. The molecule has 0 radical (unpaired) electrons. The van der Waals surface area contributed by atoms with Crippen molar-refractivity contribution in [3.63, 3.8) is 0 Å². The Kier molecular flexibility index (Phi) is 5.71. The number of carbonyl (C=O) groups is 1. The van der Waals surface area contributed by atoms with Crippen LogP contribution in [-0.2, 0) is 0 Å². The number of amides is 1. The monoisotopic (exact) mass is 454 g/mol. The van der Waals surface area contributed by atoms with E-state index in [1.165, 1.54) is 4.68 Å². The van der Waals surface area contributed by atoms with Crippen molar-refractivity contribution in [2.75, 3.05) is 5.32 Å². The molecule has 0 aliphatic heterocycles. The van der Waals surface area contributed by atoms with Gasteiger partial charge >= 0.3 is 0 Å². The number of aromatic nitrogens is 4. The Morgan fingerprint density at radius 1 is 1.00 bits per heavy atom. The average Bonchev–Trinajstić information content (AvgIpc) is 3.36. The molecular formula is C22H20Cl2N6O. The molecule has 4 aromatic rings. The molecule has 31 heavy (non-hydrogen) atoms. The van der Waals surface area contributed by atoms with Crippen molar-refractivity contribution in [2.24, 2.45) is 5.73 Å². The molecule has 1 amide bonds. The third-order valence-electron chi connectivity index (χ3n) is 4.73. The van der Waals surface area contributed by atoms with E-state index in [-0.39, 0.29) is 5.69 Å². The summed E-state index contributed by atoms with van der Waals surface area (Å²) in [6.45, 7) is 4.21. The van der Waals surface area contributed by atoms with Crippen LogP contribution in [0.1, 0.15) is 35.9 Å². The number of rotatable bonds is 6. The lowest BCUT2D eigenvalue weighted by molar-refractivity contribution is 0.0996. The second-order valence-corrected chi connectivity index (χ2v) is 8.10. The zero-order chi connectivity index (χ0) is 22.1. The maximum Gasteiger partial charge on any atom is 0.271 e. The van der Waals surface area contributed by atoms with Crippen LogP contribution in [0.3, 0.4) is 0 Å². The fourth-order valence-corrected chi connectivity index (χ4v) is 3.68. The van der Waals surface area contributed by atoms with Gasteiger partial charge in [-0.15, -0.1) is 0 Å². The van der Waals surface area contributed by atoms with Crippen LogP contribution in [0.2, 0.25) is 10.0 Å². The number of nitrogens with zero attached hydrogens (tertiary/aromatic N) is 4. The van der Waals surface area contributed by atoms with E-state index in [4.69, 9.17) is 28.9 Å². The topological polar surface area (TPSA) is 90.8 Å². The van der Waals surface area contributed by atoms with Gasteiger partial charge in [-0.05, 0) is 48.4 Å². The van der Waals surface area contributed by atoms with Crippen LogP contribution in [0, 0.1) is 0 Å². The van der Waals surface area contributed by atoms with Crippen LogP contribution >= 0.6 is 23.2 Å². The predicted molar refractivity (Wildman–Crippen MR) is 123 cm³/mol. The van der Waals surface area contributed by atoms with Crippen molar-refractivity contribution >= 4 is 40.5 Å². The molecule has 0 unspecified atom stereocenters. The van der Waals surface area contributed by atoms with Crippen LogP contribution in [-0.4, -0.2) is 25.5 Å². The summed E-state index contributed by atoms with van der Waals surface area (Å²) in [6.07, 6.45) is 3.56. The molecule has 4 rings (SSSR count). The van der Waals surface area contributed by atoms with E-state index in [1.54, 1.807) is 24.4 Å². The fourth-order valence-electron chi connectivity index (χ4n) is 3.11. The number of halogens is 2. The molecular weight excluding hydrogens is 435 g/mol. The van der Waals surface area contributed by atoms with Crippen LogP contribution < -0.4 is 11.1 Å². The van der Waals surface area contributed by atoms with Crippen molar-refractivity contribution < 1.29 is 4.79 Å². The van der Waals surface area contributed by atoms with Crippen LogP contribution in [0.5, 0.6) is 0 Å². The molecule has 0 bridgehead atoms. The Morgan fingerprint density at radius 3 is 2.26 bits per heavy atom. The summed E-state index contributed by atoms with van der Waals surface area (Å²) < 4.78 is 3.27. The number of hydrogen-bond acceptors (Lipinski definition) is 4. The van der Waals surface area contributed by atoms with E-state index in [1.807, 2.05) is 41.2 Å². The lowest BCUT2D eigenvalue weighted by atomic mass is 10.1. The summed E-state index contributed by atoms with van der Waals surface area (Å²) in [5.74, 6) is -0.309. The lowest BCUT2D eigenvalue weighted by Gasteiger charge is -2.07. The number of nitrogens with two attached hydrogens (primary N) is 1. The fraction of sp³-hybridized carbons (Fsp3) is 0.136. The molecule has 2 aromatic heterocycles. The molecule has 0 fully saturated rings. The number of hydrogen-bond donors (Lipinski definition) is 2. The summed E-state index contributed by atoms with van der Waals surface area (Å²) in [7, 11) is 0. The largest absolute Gasteiger partial charge is 0.364 e. The normalized spacial score (nSPS) is 11.1. The van der Waals surface area contributed by atoms with Crippen molar-refractivity contribution in [1.82, 2.24) is 19.6 Å². The van der Waals surface area contributed by atoms with Gasteiger partial charge in [-0.25, -0.2) is 9.36 Å². The Hall–Kier alpha value is -3.29. The Bertz CT molecular complexity index is 1220. The van der Waals surface area contributed by atoms with Gasteiger partial charge in [0.05, 0.1) is 33.3 Å². The highest BCUT2D eigenvalue weighted by Gasteiger charge is 2.18. The lowest BCUT2D eigenvalue weighted by Crippen LogP contribution is -2.14. The molecule has 9 heteroatoms. The van der Waals surface area contributed by atoms with Gasteiger partial charge < -0.3 is 11.1 Å². The first-order valence-electron chi connectivity index (χ1n) is 9.60. The quantitative estimate of drug-likeness (QED) is 0.411. The first-order chi connectivity index (χ1) is 14.8. The molecule has 0 spiro atoms. The van der Waals surface area contributed by atoms with E-state index < -0.39 is 5.91 Å². The molecule has 3 N–H and O–H groups in total. The van der Waals surface area contributed by atoms with Gasteiger partial charge in [-0.1, -0.05) is 43.1 Å². The Morgan fingerprint density at radius 2 is 1.68 bits per heavy atom.